The largest absolute Gasteiger partial charge is 0.548 e. The minimum Gasteiger partial charge on any atom is -0.548 e. The van der Waals surface area contributed by atoms with Gasteiger partial charge in [0.05, 0.1) is 12.0 Å². The molecule has 0 aliphatic heterocycles. The number of carbonyl (C=O) groups excluding carboxylic acids is 2. The van der Waals surface area contributed by atoms with Gasteiger partial charge in [-0.15, -0.1) is 0 Å². The lowest BCUT2D eigenvalue weighted by Gasteiger charge is -2.39. The highest BCUT2D eigenvalue weighted by Crippen LogP contribution is 2.24. The maximum Gasteiger partial charge on any atom is 0.410 e. The van der Waals surface area contributed by atoms with Crippen LogP contribution < -0.4 is 5.11 Å². The Balaban J connectivity index is 4.93. The number of nitrogens with zero attached hydrogens (tertiary/aromatic N) is 1. The topological polar surface area (TPSA) is 69.7 Å². The molecule has 17 heavy (non-hydrogen) atoms. The van der Waals surface area contributed by atoms with Crippen LogP contribution in [0.3, 0.4) is 0 Å². The van der Waals surface area contributed by atoms with Gasteiger partial charge in [0.1, 0.15) is 5.60 Å². The monoisotopic (exact) mass is 244 g/mol. The highest BCUT2D eigenvalue weighted by molar-refractivity contribution is 5.79. The number of carboxylic acid groups (broad SMARTS) is 1. The normalized spacial score (nSPS) is 14.1. The second-order valence-electron chi connectivity index (χ2n) is 6.18. The van der Waals surface area contributed by atoms with Gasteiger partial charge in [-0.1, -0.05) is 20.8 Å². The van der Waals surface area contributed by atoms with Crippen LogP contribution in [-0.2, 0) is 9.53 Å². The number of amides is 1. The van der Waals surface area contributed by atoms with Gasteiger partial charge in [0.15, 0.2) is 0 Å². The summed E-state index contributed by atoms with van der Waals surface area (Å²) in [7, 11) is 1.40. The third kappa shape index (κ3) is 5.06. The number of carbonyl (C=O) groups is 2. The minimum absolute atomic E-state index is 0.621. The smallest absolute Gasteiger partial charge is 0.410 e. The van der Waals surface area contributed by atoms with Gasteiger partial charge in [0.25, 0.3) is 0 Å². The Bertz CT molecular complexity index is 299. The Morgan fingerprint density at radius 1 is 1.12 bits per heavy atom. The number of ether oxygens (including phenoxy) is 1. The van der Waals surface area contributed by atoms with Crippen LogP contribution in [0.4, 0.5) is 4.79 Å². The van der Waals surface area contributed by atoms with E-state index in [1.165, 1.54) is 7.05 Å². The third-order valence-corrected chi connectivity index (χ3v) is 2.11. The van der Waals surface area contributed by atoms with E-state index in [0.717, 1.165) is 4.90 Å². The summed E-state index contributed by atoms with van der Waals surface area (Å²) in [6.45, 7) is 10.4. The molecule has 1 atom stereocenters. The van der Waals surface area contributed by atoms with E-state index >= 15 is 0 Å². The van der Waals surface area contributed by atoms with Gasteiger partial charge < -0.3 is 19.5 Å². The zero-order valence-corrected chi connectivity index (χ0v) is 11.7. The quantitative estimate of drug-likeness (QED) is 0.727. The van der Waals surface area contributed by atoms with E-state index in [0.29, 0.717) is 0 Å². The standard InChI is InChI=1S/C12H23NO4/c1-11(2,3)8(9(14)15)13(7)10(16)17-12(4,5)6/h8H,1-7H3,(H,14,15)/p-1/t8-/m1/s1. The summed E-state index contributed by atoms with van der Waals surface area (Å²) < 4.78 is 5.12. The van der Waals surface area contributed by atoms with Crippen LogP contribution in [0.1, 0.15) is 41.5 Å². The maximum atomic E-state index is 11.8. The molecule has 0 aromatic rings. The second kappa shape index (κ2) is 4.94. The number of likely N-dealkylation sites (N-methyl/N-ethyl adjacent to an activating group) is 1. The molecule has 0 N–H and O–H groups in total. The van der Waals surface area contributed by atoms with Crippen molar-refractivity contribution in [3.63, 3.8) is 0 Å². The van der Waals surface area contributed by atoms with Crippen LogP contribution in [0, 0.1) is 5.41 Å². The molecular weight excluding hydrogens is 222 g/mol. The molecule has 0 saturated heterocycles. The van der Waals surface area contributed by atoms with Crippen molar-refractivity contribution in [1.82, 2.24) is 4.90 Å². The number of aliphatic carboxylic acids is 1. The van der Waals surface area contributed by atoms with E-state index in [1.807, 2.05) is 0 Å². The molecule has 5 heteroatoms. The third-order valence-electron chi connectivity index (χ3n) is 2.11. The Hall–Kier alpha value is -1.26. The van der Waals surface area contributed by atoms with E-state index in [-0.39, 0.29) is 0 Å². The Morgan fingerprint density at radius 3 is 1.76 bits per heavy atom. The zero-order chi connectivity index (χ0) is 14.0. The fourth-order valence-electron chi connectivity index (χ4n) is 1.53. The predicted octanol–water partition coefficient (Wildman–Crippen LogP) is 1.02. The summed E-state index contributed by atoms with van der Waals surface area (Å²) in [4.78, 5) is 23.9. The molecule has 5 nitrogen and oxygen atoms in total. The molecule has 0 aliphatic rings. The van der Waals surface area contributed by atoms with Crippen molar-refractivity contribution in [2.75, 3.05) is 7.05 Å². The molecule has 0 bridgehead atoms. The summed E-state index contributed by atoms with van der Waals surface area (Å²) >= 11 is 0. The van der Waals surface area contributed by atoms with Gasteiger partial charge in [-0.2, -0.15) is 0 Å². The molecule has 0 unspecified atom stereocenters. The molecule has 1 amide bonds. The zero-order valence-electron chi connectivity index (χ0n) is 11.7. The fraction of sp³-hybridized carbons (Fsp3) is 0.833. The first-order valence-electron chi connectivity index (χ1n) is 5.53. The number of rotatable bonds is 2. The average Bonchev–Trinajstić information content (AvgIpc) is 1.96. The molecular formula is C12H22NO4-. The van der Waals surface area contributed by atoms with Crippen LogP contribution in [0.15, 0.2) is 0 Å². The summed E-state index contributed by atoms with van der Waals surface area (Å²) in [5.41, 5.74) is -1.27. The first kappa shape index (κ1) is 15.7. The Labute approximate surface area is 103 Å². The lowest BCUT2D eigenvalue weighted by molar-refractivity contribution is -0.314. The average molecular weight is 244 g/mol. The van der Waals surface area contributed by atoms with Crippen molar-refractivity contribution in [1.29, 1.82) is 0 Å². The molecule has 0 radical (unpaired) electrons. The van der Waals surface area contributed by atoms with Crippen LogP contribution in [-0.4, -0.2) is 35.7 Å². The Morgan fingerprint density at radius 2 is 1.53 bits per heavy atom. The molecule has 0 rings (SSSR count). The minimum atomic E-state index is -1.29. The van der Waals surface area contributed by atoms with Gasteiger partial charge in [-0.3, -0.25) is 0 Å². The summed E-state index contributed by atoms with van der Waals surface area (Å²) in [5.74, 6) is -1.29. The summed E-state index contributed by atoms with van der Waals surface area (Å²) in [5, 5.41) is 11.1. The highest BCUT2D eigenvalue weighted by Gasteiger charge is 2.34. The van der Waals surface area contributed by atoms with Gasteiger partial charge in [-0.25, -0.2) is 4.79 Å². The predicted molar refractivity (Wildman–Crippen MR) is 62.2 cm³/mol. The van der Waals surface area contributed by atoms with E-state index in [9.17, 15) is 14.7 Å². The van der Waals surface area contributed by atoms with Gasteiger partial charge in [-0.05, 0) is 26.2 Å². The van der Waals surface area contributed by atoms with Crippen LogP contribution in [0.2, 0.25) is 0 Å². The number of carboxylic acids is 1. The van der Waals surface area contributed by atoms with Gasteiger partial charge in [0.2, 0.25) is 0 Å². The summed E-state index contributed by atoms with van der Waals surface area (Å²) in [6.07, 6.45) is -0.665. The Kier molecular flexibility index (Phi) is 4.57. The second-order valence-corrected chi connectivity index (χ2v) is 6.18. The molecule has 0 aromatic carbocycles. The van der Waals surface area contributed by atoms with Crippen molar-refractivity contribution in [3.05, 3.63) is 0 Å². The molecule has 0 fully saturated rings. The van der Waals surface area contributed by atoms with Crippen molar-refractivity contribution < 1.29 is 19.4 Å². The lowest BCUT2D eigenvalue weighted by atomic mass is 9.86. The number of hydrogen-bond acceptors (Lipinski definition) is 4. The molecule has 100 valence electrons. The van der Waals surface area contributed by atoms with Gasteiger partial charge in [0, 0.05) is 7.05 Å². The van der Waals surface area contributed by atoms with Crippen molar-refractivity contribution in [2.24, 2.45) is 5.41 Å². The first-order valence-corrected chi connectivity index (χ1v) is 5.53. The molecule has 0 heterocycles. The number of hydrogen-bond donors (Lipinski definition) is 0. The SMILES string of the molecule is CN(C(=O)OC(C)(C)C)[C@H](C(=O)[O-])C(C)(C)C. The van der Waals surface area contributed by atoms with E-state index in [1.54, 1.807) is 41.5 Å². The van der Waals surface area contributed by atoms with Crippen molar-refractivity contribution in [2.45, 2.75) is 53.2 Å². The first-order chi connectivity index (χ1) is 7.36. The summed E-state index contributed by atoms with van der Waals surface area (Å²) in [6, 6.07) is -1.03. The van der Waals surface area contributed by atoms with E-state index in [2.05, 4.69) is 0 Å². The molecule has 0 saturated carbocycles. The maximum absolute atomic E-state index is 11.8. The van der Waals surface area contributed by atoms with Crippen LogP contribution in [0.25, 0.3) is 0 Å². The van der Waals surface area contributed by atoms with E-state index < -0.39 is 29.1 Å². The van der Waals surface area contributed by atoms with Crippen molar-refractivity contribution in [3.8, 4) is 0 Å². The van der Waals surface area contributed by atoms with Crippen LogP contribution >= 0.6 is 0 Å². The fourth-order valence-corrected chi connectivity index (χ4v) is 1.53. The van der Waals surface area contributed by atoms with Gasteiger partial charge >= 0.3 is 6.09 Å². The van der Waals surface area contributed by atoms with Crippen LogP contribution in [0.5, 0.6) is 0 Å². The van der Waals surface area contributed by atoms with Crippen molar-refractivity contribution >= 4 is 12.1 Å². The highest BCUT2D eigenvalue weighted by atomic mass is 16.6. The van der Waals surface area contributed by atoms with E-state index in [4.69, 9.17) is 4.74 Å². The molecule has 0 spiro atoms. The lowest BCUT2D eigenvalue weighted by Crippen LogP contribution is -2.56. The molecule has 0 aromatic heterocycles. The molecule has 0 aliphatic carbocycles.